The average molecular weight is 474 g/mol. The van der Waals surface area contributed by atoms with Crippen LogP contribution in [0.1, 0.15) is 33.4 Å². The highest BCUT2D eigenvalue weighted by atomic mass is 16.5. The summed E-state index contributed by atoms with van der Waals surface area (Å²) >= 11 is 0. The maximum Gasteiger partial charge on any atom is 0.251 e. The number of nitrogens with one attached hydrogen (secondary N) is 2. The minimum Gasteiger partial charge on any atom is -0.497 e. The number of benzene rings is 2. The molecule has 2 N–H and O–H groups in total. The summed E-state index contributed by atoms with van der Waals surface area (Å²) in [6.07, 6.45) is -0.136. The van der Waals surface area contributed by atoms with Gasteiger partial charge in [-0.3, -0.25) is 14.5 Å². The van der Waals surface area contributed by atoms with Gasteiger partial charge in [-0.15, -0.1) is 0 Å². The first kappa shape index (κ1) is 22.9. The van der Waals surface area contributed by atoms with E-state index in [0.29, 0.717) is 42.6 Å². The summed E-state index contributed by atoms with van der Waals surface area (Å²) in [5.74, 6) is 1.63. The predicted molar refractivity (Wildman–Crippen MR) is 130 cm³/mol. The maximum atomic E-state index is 13.2. The molecule has 0 saturated carbocycles. The molecule has 1 fully saturated rings. The molecule has 9 heteroatoms. The van der Waals surface area contributed by atoms with Crippen molar-refractivity contribution in [2.75, 3.05) is 38.8 Å². The number of rotatable bonds is 6. The van der Waals surface area contributed by atoms with Crippen LogP contribution in [0.15, 0.2) is 48.5 Å². The Kier molecular flexibility index (Phi) is 6.43. The normalized spacial score (nSPS) is 17.3. The molecule has 1 unspecified atom stereocenters. The van der Waals surface area contributed by atoms with E-state index in [1.807, 2.05) is 36.4 Å². The van der Waals surface area contributed by atoms with E-state index in [-0.39, 0.29) is 24.3 Å². The third kappa shape index (κ3) is 4.60. The summed E-state index contributed by atoms with van der Waals surface area (Å²) in [5.41, 5.74) is 3.65. The highest BCUT2D eigenvalue weighted by molar-refractivity contribution is 6.02. The summed E-state index contributed by atoms with van der Waals surface area (Å²) < 4.78 is 11.2. The van der Waals surface area contributed by atoms with E-state index in [2.05, 4.69) is 10.6 Å². The fraction of sp³-hybridized carbons (Fsp3) is 0.308. The van der Waals surface area contributed by atoms with Crippen molar-refractivity contribution >= 4 is 17.6 Å². The van der Waals surface area contributed by atoms with E-state index >= 15 is 0 Å². The summed E-state index contributed by atoms with van der Waals surface area (Å²) in [6.45, 7) is 2.29. The largest absolute Gasteiger partial charge is 0.497 e. The molecule has 2 aromatic carbocycles. The highest BCUT2D eigenvalue weighted by Gasteiger charge is 2.34. The number of aromatic nitrogens is 2. The first-order valence-corrected chi connectivity index (χ1v) is 11.6. The number of anilines is 1. The third-order valence-corrected chi connectivity index (χ3v) is 6.23. The number of nitrogens with zero attached hydrogens (tertiary/aromatic N) is 3. The van der Waals surface area contributed by atoms with E-state index in [1.54, 1.807) is 31.2 Å². The fourth-order valence-electron chi connectivity index (χ4n) is 4.38. The molecule has 2 aliphatic rings. The fourth-order valence-corrected chi connectivity index (χ4v) is 4.38. The van der Waals surface area contributed by atoms with E-state index in [9.17, 15) is 9.59 Å². The van der Waals surface area contributed by atoms with Gasteiger partial charge in [0.15, 0.2) is 5.82 Å². The molecule has 180 valence electrons. The molecule has 1 atom stereocenters. The van der Waals surface area contributed by atoms with E-state index in [0.717, 1.165) is 29.0 Å². The van der Waals surface area contributed by atoms with Crippen molar-refractivity contribution in [3.8, 4) is 17.0 Å². The first-order valence-electron chi connectivity index (χ1n) is 11.6. The van der Waals surface area contributed by atoms with Crippen LogP contribution in [0.3, 0.4) is 0 Å². The number of amides is 2. The Morgan fingerprint density at radius 1 is 1.23 bits per heavy atom. The van der Waals surface area contributed by atoms with Gasteiger partial charge in [-0.05, 0) is 29.8 Å². The van der Waals surface area contributed by atoms with Crippen molar-refractivity contribution in [1.29, 1.82) is 0 Å². The van der Waals surface area contributed by atoms with Gasteiger partial charge in [0, 0.05) is 36.8 Å². The zero-order valence-electron chi connectivity index (χ0n) is 19.7. The van der Waals surface area contributed by atoms with Gasteiger partial charge in [0.25, 0.3) is 5.91 Å². The number of ether oxygens (including phenoxy) is 2. The monoisotopic (exact) mass is 473 g/mol. The van der Waals surface area contributed by atoms with Crippen molar-refractivity contribution < 1.29 is 19.1 Å². The van der Waals surface area contributed by atoms with E-state index < -0.39 is 0 Å². The van der Waals surface area contributed by atoms with E-state index in [1.165, 1.54) is 0 Å². The minimum absolute atomic E-state index is 0.0475. The molecule has 3 aromatic rings. The number of fused-ring (bicyclic) bond motifs is 1. The standard InChI is InChI=1S/C26H27N5O4/c1-27-26(33)18-5-3-4-17(12-18)23-20-13-22(32)31(15-16-6-8-19(34-2)9-7-16)25(20)30-24(29-23)21-14-28-10-11-35-21/h3-9,12,21,28H,10-11,13-15H2,1-2H3,(H,27,33). The van der Waals surface area contributed by atoms with Crippen LogP contribution in [0.25, 0.3) is 11.3 Å². The summed E-state index contributed by atoms with van der Waals surface area (Å²) in [4.78, 5) is 36.8. The molecule has 0 radical (unpaired) electrons. The van der Waals surface area contributed by atoms with Crippen LogP contribution in [0.4, 0.5) is 5.82 Å². The van der Waals surface area contributed by atoms with Crippen LogP contribution in [0.2, 0.25) is 0 Å². The molecule has 2 aliphatic heterocycles. The topological polar surface area (TPSA) is 106 Å². The Balaban J connectivity index is 1.59. The number of carbonyl (C=O) groups is 2. The molecule has 1 saturated heterocycles. The van der Waals surface area contributed by atoms with Crippen molar-refractivity contribution in [1.82, 2.24) is 20.6 Å². The lowest BCUT2D eigenvalue weighted by molar-refractivity contribution is -0.117. The van der Waals surface area contributed by atoms with Crippen LogP contribution >= 0.6 is 0 Å². The van der Waals surface area contributed by atoms with Crippen LogP contribution in [-0.4, -0.2) is 55.6 Å². The highest BCUT2D eigenvalue weighted by Crippen LogP contribution is 2.37. The molecule has 5 rings (SSSR count). The zero-order chi connectivity index (χ0) is 24.4. The maximum absolute atomic E-state index is 13.2. The second-order valence-electron chi connectivity index (χ2n) is 8.46. The molecule has 35 heavy (non-hydrogen) atoms. The lowest BCUT2D eigenvalue weighted by Crippen LogP contribution is -2.34. The molecular formula is C26H27N5O4. The van der Waals surface area contributed by atoms with Gasteiger partial charge in [-0.1, -0.05) is 24.3 Å². The average Bonchev–Trinajstić information content (AvgIpc) is 3.23. The lowest BCUT2D eigenvalue weighted by atomic mass is 10.0. The Labute approximate surface area is 203 Å². The van der Waals surface area contributed by atoms with Gasteiger partial charge in [0.1, 0.15) is 17.7 Å². The number of morpholine rings is 1. The lowest BCUT2D eigenvalue weighted by Gasteiger charge is -2.24. The number of methoxy groups -OCH3 is 1. The van der Waals surface area contributed by atoms with E-state index in [4.69, 9.17) is 19.4 Å². The Morgan fingerprint density at radius 2 is 2.06 bits per heavy atom. The molecule has 1 aromatic heterocycles. The van der Waals surface area contributed by atoms with Gasteiger partial charge in [0.2, 0.25) is 5.91 Å². The SMILES string of the molecule is CNC(=O)c1cccc(-c2nc(C3CNCCO3)nc3c2CC(=O)N3Cc2ccc(OC)cc2)c1. The predicted octanol–water partition coefficient (Wildman–Crippen LogP) is 2.26. The van der Waals surface area contributed by atoms with Crippen molar-refractivity contribution in [3.63, 3.8) is 0 Å². The van der Waals surface area contributed by atoms with Crippen molar-refractivity contribution in [3.05, 3.63) is 71.0 Å². The Bertz CT molecular complexity index is 1260. The molecule has 3 heterocycles. The van der Waals surface area contributed by atoms with Gasteiger partial charge in [-0.25, -0.2) is 9.97 Å². The third-order valence-electron chi connectivity index (χ3n) is 6.23. The second-order valence-corrected chi connectivity index (χ2v) is 8.46. The van der Waals surface area contributed by atoms with Crippen LogP contribution < -0.4 is 20.3 Å². The smallest absolute Gasteiger partial charge is 0.251 e. The Hall–Kier alpha value is -3.82. The molecule has 0 aliphatic carbocycles. The van der Waals surface area contributed by atoms with Gasteiger partial charge in [-0.2, -0.15) is 0 Å². The number of hydrogen-bond acceptors (Lipinski definition) is 7. The van der Waals surface area contributed by atoms with Gasteiger partial charge >= 0.3 is 0 Å². The summed E-state index contributed by atoms with van der Waals surface area (Å²) in [7, 11) is 3.22. The van der Waals surface area contributed by atoms with Crippen LogP contribution in [-0.2, 0) is 22.5 Å². The molecule has 0 bridgehead atoms. The van der Waals surface area contributed by atoms with Crippen molar-refractivity contribution in [2.24, 2.45) is 0 Å². The minimum atomic E-state index is -0.325. The van der Waals surface area contributed by atoms with Gasteiger partial charge in [0.05, 0.1) is 32.4 Å². The van der Waals surface area contributed by atoms with Crippen LogP contribution in [0, 0.1) is 0 Å². The summed E-state index contributed by atoms with van der Waals surface area (Å²) in [5, 5.41) is 5.97. The quantitative estimate of drug-likeness (QED) is 0.566. The number of hydrogen-bond donors (Lipinski definition) is 2. The van der Waals surface area contributed by atoms with Crippen molar-refractivity contribution in [2.45, 2.75) is 19.1 Å². The first-order chi connectivity index (χ1) is 17.1. The second kappa shape index (κ2) is 9.81. The Morgan fingerprint density at radius 3 is 2.77 bits per heavy atom. The summed E-state index contributed by atoms with van der Waals surface area (Å²) in [6, 6.07) is 14.9. The molecule has 2 amide bonds. The van der Waals surface area contributed by atoms with Crippen LogP contribution in [0.5, 0.6) is 5.75 Å². The molecule has 0 spiro atoms. The molecule has 9 nitrogen and oxygen atoms in total. The molecular weight excluding hydrogens is 446 g/mol. The van der Waals surface area contributed by atoms with Gasteiger partial charge < -0.3 is 20.1 Å². The zero-order valence-corrected chi connectivity index (χ0v) is 19.7. The number of carbonyl (C=O) groups excluding carboxylic acids is 2.